The molecule has 0 amide bonds. The van der Waals surface area contributed by atoms with Crippen LogP contribution < -0.4 is 5.32 Å². The van der Waals surface area contributed by atoms with Gasteiger partial charge >= 0.3 is 5.97 Å². The SMILES string of the molecule is CCC1CCCN(C(C)CC(C)(NC(C)C)C(=O)OC)C1. The van der Waals surface area contributed by atoms with E-state index >= 15 is 0 Å². The van der Waals surface area contributed by atoms with Crippen LogP contribution in [0.4, 0.5) is 0 Å². The molecule has 1 saturated heterocycles. The van der Waals surface area contributed by atoms with Gasteiger partial charge in [0, 0.05) is 18.6 Å². The molecule has 0 aromatic heterocycles. The predicted molar refractivity (Wildman–Crippen MR) is 87.4 cm³/mol. The summed E-state index contributed by atoms with van der Waals surface area (Å²) in [6.45, 7) is 12.9. The van der Waals surface area contributed by atoms with Gasteiger partial charge < -0.3 is 9.64 Å². The summed E-state index contributed by atoms with van der Waals surface area (Å²) >= 11 is 0. The van der Waals surface area contributed by atoms with Crippen LogP contribution in [0.1, 0.15) is 60.3 Å². The number of likely N-dealkylation sites (tertiary alicyclic amines) is 1. The van der Waals surface area contributed by atoms with E-state index in [1.54, 1.807) is 0 Å². The molecule has 3 unspecified atom stereocenters. The highest BCUT2D eigenvalue weighted by atomic mass is 16.5. The molecule has 4 heteroatoms. The molecule has 1 rings (SSSR count). The molecule has 1 fully saturated rings. The molecule has 0 aromatic carbocycles. The van der Waals surface area contributed by atoms with Crippen molar-refractivity contribution in [2.24, 2.45) is 5.92 Å². The number of esters is 1. The number of carbonyl (C=O) groups is 1. The van der Waals surface area contributed by atoms with Crippen LogP contribution in [-0.2, 0) is 9.53 Å². The smallest absolute Gasteiger partial charge is 0.325 e. The Morgan fingerprint density at radius 3 is 2.62 bits per heavy atom. The lowest BCUT2D eigenvalue weighted by atomic mass is 9.89. The van der Waals surface area contributed by atoms with E-state index in [9.17, 15) is 4.79 Å². The number of methoxy groups -OCH3 is 1. The molecule has 0 aromatic rings. The highest BCUT2D eigenvalue weighted by molar-refractivity contribution is 5.80. The molecule has 0 bridgehead atoms. The molecule has 21 heavy (non-hydrogen) atoms. The molecule has 1 N–H and O–H groups in total. The summed E-state index contributed by atoms with van der Waals surface area (Å²) in [6, 6.07) is 0.640. The maximum atomic E-state index is 12.2. The molecule has 1 heterocycles. The molecule has 0 spiro atoms. The summed E-state index contributed by atoms with van der Waals surface area (Å²) in [5, 5.41) is 3.40. The Morgan fingerprint density at radius 1 is 1.43 bits per heavy atom. The van der Waals surface area contributed by atoms with Gasteiger partial charge in [0.15, 0.2) is 0 Å². The number of ether oxygens (including phenoxy) is 1. The van der Waals surface area contributed by atoms with Crippen LogP contribution in [0.15, 0.2) is 0 Å². The van der Waals surface area contributed by atoms with Gasteiger partial charge in [-0.25, -0.2) is 0 Å². The largest absolute Gasteiger partial charge is 0.468 e. The van der Waals surface area contributed by atoms with Gasteiger partial charge in [0.05, 0.1) is 7.11 Å². The Balaban J connectivity index is 2.71. The first kappa shape index (κ1) is 18.4. The quantitative estimate of drug-likeness (QED) is 0.734. The second-order valence-electron chi connectivity index (χ2n) is 7.09. The molecular weight excluding hydrogens is 264 g/mol. The first-order valence-corrected chi connectivity index (χ1v) is 8.42. The van der Waals surface area contributed by atoms with Gasteiger partial charge in [-0.1, -0.05) is 13.3 Å². The minimum absolute atomic E-state index is 0.160. The molecule has 0 radical (unpaired) electrons. The zero-order valence-electron chi connectivity index (χ0n) is 14.7. The van der Waals surface area contributed by atoms with Crippen molar-refractivity contribution < 1.29 is 9.53 Å². The van der Waals surface area contributed by atoms with Crippen LogP contribution in [-0.4, -0.2) is 48.7 Å². The lowest BCUT2D eigenvalue weighted by Gasteiger charge is -2.40. The Hall–Kier alpha value is -0.610. The number of hydrogen-bond acceptors (Lipinski definition) is 4. The molecule has 1 aliphatic rings. The Morgan fingerprint density at radius 2 is 2.10 bits per heavy atom. The molecule has 0 aliphatic carbocycles. The second-order valence-corrected chi connectivity index (χ2v) is 7.09. The maximum absolute atomic E-state index is 12.2. The molecular formula is C17H34N2O2. The molecule has 0 saturated carbocycles. The zero-order valence-corrected chi connectivity index (χ0v) is 14.7. The number of rotatable bonds is 7. The lowest BCUT2D eigenvalue weighted by Crippen LogP contribution is -2.56. The third kappa shape index (κ3) is 5.26. The van der Waals surface area contributed by atoms with Gasteiger partial charge in [-0.2, -0.15) is 0 Å². The summed E-state index contributed by atoms with van der Waals surface area (Å²) in [6.07, 6.45) is 4.66. The third-order valence-corrected chi connectivity index (χ3v) is 4.70. The lowest BCUT2D eigenvalue weighted by molar-refractivity contribution is -0.149. The number of hydrogen-bond donors (Lipinski definition) is 1. The minimum Gasteiger partial charge on any atom is -0.468 e. The first-order valence-electron chi connectivity index (χ1n) is 8.42. The summed E-state index contributed by atoms with van der Waals surface area (Å²) < 4.78 is 5.03. The van der Waals surface area contributed by atoms with Crippen molar-refractivity contribution in [1.82, 2.24) is 10.2 Å². The van der Waals surface area contributed by atoms with Gasteiger partial charge in [0.1, 0.15) is 5.54 Å². The van der Waals surface area contributed by atoms with E-state index in [1.807, 2.05) is 6.92 Å². The highest BCUT2D eigenvalue weighted by Gasteiger charge is 2.38. The normalized spacial score (nSPS) is 24.6. The van der Waals surface area contributed by atoms with Crippen LogP contribution in [0.3, 0.4) is 0 Å². The monoisotopic (exact) mass is 298 g/mol. The number of nitrogens with zero attached hydrogens (tertiary/aromatic N) is 1. The molecule has 124 valence electrons. The number of carbonyl (C=O) groups excluding carboxylic acids is 1. The highest BCUT2D eigenvalue weighted by Crippen LogP contribution is 2.25. The van der Waals surface area contributed by atoms with Gasteiger partial charge in [0.2, 0.25) is 0 Å². The van der Waals surface area contributed by atoms with Crippen LogP contribution in [0.2, 0.25) is 0 Å². The minimum atomic E-state index is -0.610. The maximum Gasteiger partial charge on any atom is 0.325 e. The van der Waals surface area contributed by atoms with Crippen molar-refractivity contribution in [3.8, 4) is 0 Å². The van der Waals surface area contributed by atoms with Crippen LogP contribution >= 0.6 is 0 Å². The summed E-state index contributed by atoms with van der Waals surface area (Å²) in [5.74, 6) is 0.649. The summed E-state index contributed by atoms with van der Waals surface area (Å²) in [7, 11) is 1.47. The number of piperidine rings is 1. The van der Waals surface area contributed by atoms with E-state index in [2.05, 4.69) is 37.9 Å². The second kappa shape index (κ2) is 8.14. The van der Waals surface area contributed by atoms with E-state index in [1.165, 1.54) is 26.4 Å². The van der Waals surface area contributed by atoms with Crippen molar-refractivity contribution in [1.29, 1.82) is 0 Å². The fourth-order valence-corrected chi connectivity index (χ4v) is 3.61. The first-order chi connectivity index (χ1) is 9.82. The van der Waals surface area contributed by atoms with E-state index in [0.717, 1.165) is 25.4 Å². The van der Waals surface area contributed by atoms with Gasteiger partial charge in [-0.15, -0.1) is 0 Å². The van der Waals surface area contributed by atoms with Gasteiger partial charge in [-0.3, -0.25) is 10.1 Å². The Kier molecular flexibility index (Phi) is 7.14. The van der Waals surface area contributed by atoms with E-state index < -0.39 is 5.54 Å². The third-order valence-electron chi connectivity index (χ3n) is 4.70. The molecule has 1 aliphatic heterocycles. The van der Waals surface area contributed by atoms with E-state index in [0.29, 0.717) is 6.04 Å². The fraction of sp³-hybridized carbons (Fsp3) is 0.941. The summed E-state index contributed by atoms with van der Waals surface area (Å²) in [4.78, 5) is 14.7. The number of nitrogens with one attached hydrogen (secondary N) is 1. The van der Waals surface area contributed by atoms with Gasteiger partial charge in [0.25, 0.3) is 0 Å². The van der Waals surface area contributed by atoms with Crippen LogP contribution in [0.5, 0.6) is 0 Å². The van der Waals surface area contributed by atoms with E-state index in [4.69, 9.17) is 4.74 Å². The average molecular weight is 298 g/mol. The zero-order chi connectivity index (χ0) is 16.0. The van der Waals surface area contributed by atoms with Crippen LogP contribution in [0, 0.1) is 5.92 Å². The van der Waals surface area contributed by atoms with Crippen molar-refractivity contribution in [2.75, 3.05) is 20.2 Å². The standard InChI is InChI=1S/C17H34N2O2/c1-7-15-9-8-10-19(12-15)14(4)11-17(5,16(20)21-6)18-13(2)3/h13-15,18H,7-12H2,1-6H3. The topological polar surface area (TPSA) is 41.6 Å². The Bertz CT molecular complexity index is 333. The van der Waals surface area contributed by atoms with Crippen molar-refractivity contribution in [3.63, 3.8) is 0 Å². The van der Waals surface area contributed by atoms with Crippen LogP contribution in [0.25, 0.3) is 0 Å². The molecule has 3 atom stereocenters. The van der Waals surface area contributed by atoms with Crippen molar-refractivity contribution >= 4 is 5.97 Å². The average Bonchev–Trinajstić information content (AvgIpc) is 2.45. The van der Waals surface area contributed by atoms with Crippen molar-refractivity contribution in [3.05, 3.63) is 0 Å². The molecule has 4 nitrogen and oxygen atoms in total. The Labute approximate surface area is 130 Å². The summed E-state index contributed by atoms with van der Waals surface area (Å²) in [5.41, 5.74) is -0.610. The van der Waals surface area contributed by atoms with E-state index in [-0.39, 0.29) is 12.0 Å². The van der Waals surface area contributed by atoms with Crippen molar-refractivity contribution in [2.45, 2.75) is 77.9 Å². The fourth-order valence-electron chi connectivity index (χ4n) is 3.61. The predicted octanol–water partition coefficient (Wildman–Crippen LogP) is 2.82. The van der Waals surface area contributed by atoms with Gasteiger partial charge in [-0.05, 0) is 59.4 Å².